The Balaban J connectivity index is 4.34. The normalized spacial score (nSPS) is 16.3. The minimum atomic E-state index is -2.07. The Kier molecular flexibility index (Phi) is 4.89. The molecule has 7 heteroatoms. The van der Waals surface area contributed by atoms with Crippen molar-refractivity contribution in [3.8, 4) is 0 Å². The van der Waals surface area contributed by atoms with Gasteiger partial charge in [0.25, 0.3) is 0 Å². The minimum absolute atomic E-state index is 0.817. The van der Waals surface area contributed by atoms with Crippen LogP contribution in [-0.4, -0.2) is 51.4 Å². The molecular formula is C8H12O7. The molecule has 0 aliphatic heterocycles. The maximum atomic E-state index is 11.0. The highest BCUT2D eigenvalue weighted by Gasteiger charge is 2.31. The van der Waals surface area contributed by atoms with Gasteiger partial charge in [-0.3, -0.25) is 4.79 Å². The van der Waals surface area contributed by atoms with Crippen LogP contribution in [0.3, 0.4) is 0 Å². The van der Waals surface area contributed by atoms with E-state index in [4.69, 9.17) is 15.3 Å². The fourth-order valence-electron chi connectivity index (χ4n) is 0.646. The van der Waals surface area contributed by atoms with E-state index in [1.165, 1.54) is 0 Å². The predicted molar refractivity (Wildman–Crippen MR) is 45.9 cm³/mol. The number of ketones is 1. The van der Waals surface area contributed by atoms with Crippen LogP contribution in [0.4, 0.5) is 0 Å². The molecule has 0 saturated carbocycles. The van der Waals surface area contributed by atoms with Crippen LogP contribution in [0, 0.1) is 0 Å². The number of hydrogen-bond acceptors (Lipinski definition) is 6. The first-order valence-corrected chi connectivity index (χ1v) is 4.07. The molecule has 0 aliphatic rings. The van der Waals surface area contributed by atoms with Crippen LogP contribution < -0.4 is 0 Å². The second kappa shape index (κ2) is 5.42. The molecule has 0 saturated heterocycles. The summed E-state index contributed by atoms with van der Waals surface area (Å²) >= 11 is 0. The lowest BCUT2D eigenvalue weighted by molar-refractivity contribution is -0.174. The van der Waals surface area contributed by atoms with Crippen LogP contribution in [0.15, 0.2) is 0 Å². The van der Waals surface area contributed by atoms with E-state index < -0.39 is 36.0 Å². The van der Waals surface area contributed by atoms with E-state index in [1.807, 2.05) is 0 Å². The Labute approximate surface area is 85.3 Å². The Morgan fingerprint density at radius 2 is 1.60 bits per heavy atom. The average molecular weight is 220 g/mol. The number of hydrogen-bond donors (Lipinski definition) is 3. The molecule has 3 N–H and O–H groups in total. The van der Waals surface area contributed by atoms with E-state index in [0.717, 1.165) is 13.8 Å². The molecule has 7 nitrogen and oxygen atoms in total. The van der Waals surface area contributed by atoms with Crippen molar-refractivity contribution in [3.63, 3.8) is 0 Å². The lowest BCUT2D eigenvalue weighted by Gasteiger charge is -2.15. The molecule has 0 aliphatic carbocycles. The topological polar surface area (TPSA) is 121 Å². The van der Waals surface area contributed by atoms with Crippen molar-refractivity contribution in [2.45, 2.75) is 32.2 Å². The van der Waals surface area contributed by atoms with E-state index >= 15 is 0 Å². The highest BCUT2D eigenvalue weighted by molar-refractivity contribution is 5.89. The number of carboxylic acids is 1. The van der Waals surface area contributed by atoms with E-state index in [9.17, 15) is 14.4 Å². The Morgan fingerprint density at radius 1 is 1.13 bits per heavy atom. The van der Waals surface area contributed by atoms with Gasteiger partial charge in [-0.1, -0.05) is 0 Å². The maximum Gasteiger partial charge on any atom is 0.344 e. The van der Waals surface area contributed by atoms with Crippen LogP contribution in [0.25, 0.3) is 0 Å². The Bertz CT molecular complexity index is 272. The third-order valence-corrected chi connectivity index (χ3v) is 1.60. The molecule has 0 heterocycles. The first-order chi connectivity index (χ1) is 6.77. The summed E-state index contributed by atoms with van der Waals surface area (Å²) in [6.45, 7) is 2.05. The van der Waals surface area contributed by atoms with Gasteiger partial charge in [0.2, 0.25) is 0 Å². The quantitative estimate of drug-likeness (QED) is 0.473. The van der Waals surface area contributed by atoms with Crippen LogP contribution in [0.2, 0.25) is 0 Å². The van der Waals surface area contributed by atoms with Gasteiger partial charge in [0.15, 0.2) is 18.0 Å². The zero-order chi connectivity index (χ0) is 12.2. The van der Waals surface area contributed by atoms with Crippen molar-refractivity contribution >= 4 is 17.7 Å². The van der Waals surface area contributed by atoms with E-state index in [2.05, 4.69) is 4.74 Å². The summed E-state index contributed by atoms with van der Waals surface area (Å²) in [5, 5.41) is 26.4. The van der Waals surface area contributed by atoms with Crippen molar-refractivity contribution in [1.29, 1.82) is 0 Å². The van der Waals surface area contributed by atoms with Crippen LogP contribution >= 0.6 is 0 Å². The van der Waals surface area contributed by atoms with E-state index in [-0.39, 0.29) is 0 Å². The number of aliphatic hydroxyl groups is 2. The molecule has 0 radical (unpaired) electrons. The fourth-order valence-corrected chi connectivity index (χ4v) is 0.646. The van der Waals surface area contributed by atoms with Gasteiger partial charge in [-0.05, 0) is 13.8 Å². The first-order valence-electron chi connectivity index (χ1n) is 4.07. The van der Waals surface area contributed by atoms with Gasteiger partial charge >= 0.3 is 11.9 Å². The summed E-state index contributed by atoms with van der Waals surface area (Å²) in [5.41, 5.74) is 0. The number of rotatable bonds is 5. The molecule has 0 bridgehead atoms. The number of Topliss-reactive ketones (excluding diaryl/α,β-unsaturated/α-hetero) is 1. The molecule has 3 atom stereocenters. The molecular weight excluding hydrogens is 208 g/mol. The number of carbonyl (C=O) groups is 3. The smallest absolute Gasteiger partial charge is 0.344 e. The lowest BCUT2D eigenvalue weighted by Crippen LogP contribution is -2.41. The summed E-state index contributed by atoms with van der Waals surface area (Å²) in [5.74, 6) is -3.57. The van der Waals surface area contributed by atoms with E-state index in [0.29, 0.717) is 0 Å². The molecule has 0 aromatic carbocycles. The largest absolute Gasteiger partial charge is 0.479 e. The van der Waals surface area contributed by atoms with Gasteiger partial charge in [-0.25, -0.2) is 9.59 Å². The first kappa shape index (κ1) is 13.5. The number of carboxylic acid groups (broad SMARTS) is 1. The molecule has 0 unspecified atom stereocenters. The summed E-state index contributed by atoms with van der Waals surface area (Å²) < 4.78 is 4.24. The third kappa shape index (κ3) is 4.05. The van der Waals surface area contributed by atoms with Crippen LogP contribution in [0.1, 0.15) is 13.8 Å². The van der Waals surface area contributed by atoms with Gasteiger partial charge in [0.05, 0.1) is 0 Å². The number of aliphatic carboxylic acids is 1. The molecule has 0 amide bonds. The lowest BCUT2D eigenvalue weighted by atomic mass is 10.1. The van der Waals surface area contributed by atoms with Crippen molar-refractivity contribution in [2.24, 2.45) is 0 Å². The Hall–Kier alpha value is -1.47. The van der Waals surface area contributed by atoms with Gasteiger partial charge in [-0.2, -0.15) is 0 Å². The highest BCUT2D eigenvalue weighted by Crippen LogP contribution is 2.01. The molecule has 15 heavy (non-hydrogen) atoms. The number of esters is 1. The number of aliphatic hydroxyl groups excluding tert-OH is 2. The molecule has 0 spiro atoms. The highest BCUT2D eigenvalue weighted by atomic mass is 16.6. The summed E-state index contributed by atoms with van der Waals surface area (Å²) in [6.07, 6.45) is -5.42. The summed E-state index contributed by atoms with van der Waals surface area (Å²) in [6, 6.07) is 0. The predicted octanol–water partition coefficient (Wildman–Crippen LogP) is -1.69. The average Bonchev–Trinajstić information content (AvgIpc) is 2.14. The Morgan fingerprint density at radius 3 is 1.93 bits per heavy atom. The summed E-state index contributed by atoms with van der Waals surface area (Å²) in [7, 11) is 0. The zero-order valence-corrected chi connectivity index (χ0v) is 8.21. The van der Waals surface area contributed by atoms with Crippen molar-refractivity contribution in [1.82, 2.24) is 0 Å². The van der Waals surface area contributed by atoms with E-state index in [1.54, 1.807) is 0 Å². The SMILES string of the molecule is CC(=O)[C@H](O)[C@@H](O)C(=O)O[C@@H](C)C(=O)O. The summed E-state index contributed by atoms with van der Waals surface area (Å²) in [4.78, 5) is 31.8. The van der Waals surface area contributed by atoms with Crippen LogP contribution in [0.5, 0.6) is 0 Å². The standard InChI is InChI=1S/C8H12O7/c1-3(9)5(10)6(11)8(14)15-4(2)7(12)13/h4-6,10-11H,1-2H3,(H,12,13)/t4-,5-,6+/m0/s1. The van der Waals surface area contributed by atoms with Gasteiger partial charge in [-0.15, -0.1) is 0 Å². The molecule has 0 aromatic heterocycles. The van der Waals surface area contributed by atoms with Crippen molar-refractivity contribution < 1.29 is 34.4 Å². The number of carbonyl (C=O) groups excluding carboxylic acids is 2. The van der Waals surface area contributed by atoms with Crippen molar-refractivity contribution in [3.05, 3.63) is 0 Å². The van der Waals surface area contributed by atoms with Gasteiger partial charge in [0.1, 0.15) is 6.10 Å². The molecule has 0 aromatic rings. The van der Waals surface area contributed by atoms with Crippen LogP contribution in [-0.2, 0) is 19.1 Å². The monoisotopic (exact) mass is 220 g/mol. The fraction of sp³-hybridized carbons (Fsp3) is 0.625. The number of ether oxygens (including phenoxy) is 1. The zero-order valence-electron chi connectivity index (χ0n) is 8.21. The minimum Gasteiger partial charge on any atom is -0.479 e. The molecule has 0 fully saturated rings. The third-order valence-electron chi connectivity index (χ3n) is 1.60. The maximum absolute atomic E-state index is 11.0. The molecule has 86 valence electrons. The van der Waals surface area contributed by atoms with Gasteiger partial charge in [0, 0.05) is 0 Å². The molecule has 0 rings (SSSR count). The van der Waals surface area contributed by atoms with Crippen molar-refractivity contribution in [2.75, 3.05) is 0 Å². The van der Waals surface area contributed by atoms with Gasteiger partial charge < -0.3 is 20.1 Å². The second-order valence-electron chi connectivity index (χ2n) is 2.92. The second-order valence-corrected chi connectivity index (χ2v) is 2.92.